The summed E-state index contributed by atoms with van der Waals surface area (Å²) in [4.78, 5) is 4.46. The SMILES string of the molecule is CCNCC(C)c1nc(C(OC)C(C)(C)C)no1. The molecule has 1 heterocycles. The van der Waals surface area contributed by atoms with E-state index in [-0.39, 0.29) is 17.4 Å². The summed E-state index contributed by atoms with van der Waals surface area (Å²) < 4.78 is 10.8. The van der Waals surface area contributed by atoms with E-state index in [2.05, 4.69) is 50.1 Å². The lowest BCUT2D eigenvalue weighted by atomic mass is 9.88. The third kappa shape index (κ3) is 3.78. The average molecular weight is 255 g/mol. The smallest absolute Gasteiger partial charge is 0.230 e. The van der Waals surface area contributed by atoms with Crippen molar-refractivity contribution in [1.82, 2.24) is 15.5 Å². The first-order valence-electron chi connectivity index (χ1n) is 6.47. The summed E-state index contributed by atoms with van der Waals surface area (Å²) in [5.41, 5.74) is -0.0548. The summed E-state index contributed by atoms with van der Waals surface area (Å²) in [5.74, 6) is 1.50. The molecular formula is C13H25N3O2. The Hall–Kier alpha value is -0.940. The van der Waals surface area contributed by atoms with E-state index in [1.54, 1.807) is 7.11 Å². The number of hydrogen-bond donors (Lipinski definition) is 1. The molecule has 0 aliphatic heterocycles. The van der Waals surface area contributed by atoms with Crippen LogP contribution in [0.15, 0.2) is 4.52 Å². The molecule has 0 amide bonds. The van der Waals surface area contributed by atoms with Crippen molar-refractivity contribution in [2.45, 2.75) is 46.6 Å². The van der Waals surface area contributed by atoms with Crippen LogP contribution in [-0.2, 0) is 4.74 Å². The van der Waals surface area contributed by atoms with Crippen LogP contribution >= 0.6 is 0 Å². The molecule has 0 fully saturated rings. The predicted molar refractivity (Wildman–Crippen MR) is 70.5 cm³/mol. The molecule has 0 aliphatic rings. The van der Waals surface area contributed by atoms with E-state index in [0.717, 1.165) is 13.1 Å². The molecular weight excluding hydrogens is 230 g/mol. The second-order valence-corrected chi connectivity index (χ2v) is 5.68. The van der Waals surface area contributed by atoms with Crippen LogP contribution in [-0.4, -0.2) is 30.3 Å². The van der Waals surface area contributed by atoms with Crippen molar-refractivity contribution in [1.29, 1.82) is 0 Å². The third-order valence-corrected chi connectivity index (χ3v) is 2.84. The quantitative estimate of drug-likeness (QED) is 0.846. The number of ether oxygens (including phenoxy) is 1. The van der Waals surface area contributed by atoms with E-state index < -0.39 is 0 Å². The number of methoxy groups -OCH3 is 1. The number of nitrogens with zero attached hydrogens (tertiary/aromatic N) is 2. The highest BCUT2D eigenvalue weighted by molar-refractivity contribution is 4.99. The van der Waals surface area contributed by atoms with Crippen LogP contribution in [0.5, 0.6) is 0 Å². The molecule has 5 nitrogen and oxygen atoms in total. The lowest BCUT2D eigenvalue weighted by Crippen LogP contribution is -2.22. The Morgan fingerprint density at radius 2 is 2.06 bits per heavy atom. The van der Waals surface area contributed by atoms with Crippen LogP contribution in [0.4, 0.5) is 0 Å². The standard InChI is InChI=1S/C13H25N3O2/c1-7-14-8-9(2)12-15-11(16-18-12)10(17-6)13(3,4)5/h9-10,14H,7-8H2,1-6H3. The highest BCUT2D eigenvalue weighted by Crippen LogP contribution is 2.34. The van der Waals surface area contributed by atoms with Crippen molar-refractivity contribution >= 4 is 0 Å². The fourth-order valence-corrected chi connectivity index (χ4v) is 1.85. The van der Waals surface area contributed by atoms with Crippen molar-refractivity contribution in [3.63, 3.8) is 0 Å². The molecule has 0 aliphatic carbocycles. The lowest BCUT2D eigenvalue weighted by molar-refractivity contribution is 0.00718. The number of likely N-dealkylation sites (N-methyl/N-ethyl adjacent to an activating group) is 1. The summed E-state index contributed by atoms with van der Waals surface area (Å²) >= 11 is 0. The Morgan fingerprint density at radius 1 is 1.39 bits per heavy atom. The van der Waals surface area contributed by atoms with Gasteiger partial charge >= 0.3 is 0 Å². The zero-order chi connectivity index (χ0) is 13.8. The van der Waals surface area contributed by atoms with Gasteiger partial charge in [-0.05, 0) is 12.0 Å². The van der Waals surface area contributed by atoms with Gasteiger partial charge in [-0.3, -0.25) is 0 Å². The third-order valence-electron chi connectivity index (χ3n) is 2.84. The van der Waals surface area contributed by atoms with Gasteiger partial charge < -0.3 is 14.6 Å². The van der Waals surface area contributed by atoms with Gasteiger partial charge in [-0.2, -0.15) is 4.98 Å². The van der Waals surface area contributed by atoms with Gasteiger partial charge in [0.15, 0.2) is 0 Å². The molecule has 2 unspecified atom stereocenters. The fraction of sp³-hybridized carbons (Fsp3) is 0.846. The Kier molecular flexibility index (Phi) is 5.28. The Morgan fingerprint density at radius 3 is 2.56 bits per heavy atom. The molecule has 0 saturated heterocycles. The van der Waals surface area contributed by atoms with Crippen LogP contribution in [0.1, 0.15) is 58.4 Å². The molecule has 0 bridgehead atoms. The molecule has 104 valence electrons. The molecule has 18 heavy (non-hydrogen) atoms. The van der Waals surface area contributed by atoms with Crippen molar-refractivity contribution < 1.29 is 9.26 Å². The molecule has 1 N–H and O–H groups in total. The summed E-state index contributed by atoms with van der Waals surface area (Å²) in [5, 5.41) is 7.31. The minimum absolute atomic E-state index is 0.0548. The summed E-state index contributed by atoms with van der Waals surface area (Å²) in [6, 6.07) is 0. The van der Waals surface area contributed by atoms with Gasteiger partial charge in [0, 0.05) is 19.6 Å². The lowest BCUT2D eigenvalue weighted by Gasteiger charge is -2.26. The normalized spacial score (nSPS) is 15.7. The van der Waals surface area contributed by atoms with Crippen LogP contribution in [0.2, 0.25) is 0 Å². The second kappa shape index (κ2) is 6.29. The number of nitrogens with one attached hydrogen (secondary N) is 1. The maximum Gasteiger partial charge on any atom is 0.230 e. The molecule has 5 heteroatoms. The topological polar surface area (TPSA) is 60.2 Å². The zero-order valence-corrected chi connectivity index (χ0v) is 12.3. The summed E-state index contributed by atoms with van der Waals surface area (Å²) in [7, 11) is 1.67. The van der Waals surface area contributed by atoms with Gasteiger partial charge in [0.1, 0.15) is 6.10 Å². The molecule has 0 spiro atoms. The maximum absolute atomic E-state index is 5.47. The van der Waals surface area contributed by atoms with Crippen LogP contribution in [0, 0.1) is 5.41 Å². The predicted octanol–water partition coefficient (Wildman–Crippen LogP) is 2.52. The minimum Gasteiger partial charge on any atom is -0.373 e. The van der Waals surface area contributed by atoms with E-state index in [9.17, 15) is 0 Å². The van der Waals surface area contributed by atoms with E-state index in [1.807, 2.05) is 0 Å². The first-order chi connectivity index (χ1) is 8.40. The van der Waals surface area contributed by atoms with Crippen molar-refractivity contribution in [3.8, 4) is 0 Å². The first kappa shape index (κ1) is 15.1. The van der Waals surface area contributed by atoms with E-state index in [1.165, 1.54) is 0 Å². The van der Waals surface area contributed by atoms with E-state index in [4.69, 9.17) is 9.26 Å². The van der Waals surface area contributed by atoms with Gasteiger partial charge in [-0.25, -0.2) is 0 Å². The van der Waals surface area contributed by atoms with Gasteiger partial charge in [0.2, 0.25) is 11.7 Å². The number of aromatic nitrogens is 2. The number of rotatable bonds is 6. The van der Waals surface area contributed by atoms with Gasteiger partial charge in [-0.1, -0.05) is 39.8 Å². The first-order valence-corrected chi connectivity index (χ1v) is 6.47. The molecule has 0 aromatic carbocycles. The van der Waals surface area contributed by atoms with Gasteiger partial charge in [-0.15, -0.1) is 0 Å². The van der Waals surface area contributed by atoms with Crippen LogP contribution in [0.25, 0.3) is 0 Å². The van der Waals surface area contributed by atoms with Crippen molar-refractivity contribution in [3.05, 3.63) is 11.7 Å². The second-order valence-electron chi connectivity index (χ2n) is 5.68. The minimum atomic E-state index is -0.152. The van der Waals surface area contributed by atoms with Crippen LogP contribution in [0.3, 0.4) is 0 Å². The zero-order valence-electron chi connectivity index (χ0n) is 12.3. The molecule has 1 rings (SSSR count). The van der Waals surface area contributed by atoms with Crippen molar-refractivity contribution in [2.75, 3.05) is 20.2 Å². The van der Waals surface area contributed by atoms with Crippen molar-refractivity contribution in [2.24, 2.45) is 5.41 Å². The van der Waals surface area contributed by atoms with E-state index >= 15 is 0 Å². The fourth-order valence-electron chi connectivity index (χ4n) is 1.85. The highest BCUT2D eigenvalue weighted by atomic mass is 16.5. The molecule has 0 saturated carbocycles. The van der Waals surface area contributed by atoms with E-state index in [0.29, 0.717) is 11.7 Å². The average Bonchev–Trinajstić information content (AvgIpc) is 2.74. The van der Waals surface area contributed by atoms with Gasteiger partial charge in [0.25, 0.3) is 0 Å². The monoisotopic (exact) mass is 255 g/mol. The maximum atomic E-state index is 5.47. The summed E-state index contributed by atoms with van der Waals surface area (Å²) in [6.45, 7) is 12.2. The molecule has 1 aromatic rings. The Balaban J connectivity index is 2.78. The molecule has 0 radical (unpaired) electrons. The highest BCUT2D eigenvalue weighted by Gasteiger charge is 2.31. The number of hydrogen-bond acceptors (Lipinski definition) is 5. The molecule has 1 aromatic heterocycles. The summed E-state index contributed by atoms with van der Waals surface area (Å²) in [6.07, 6.45) is -0.152. The Bertz CT molecular complexity index is 357. The van der Waals surface area contributed by atoms with Gasteiger partial charge in [0.05, 0.1) is 0 Å². The van der Waals surface area contributed by atoms with Crippen LogP contribution < -0.4 is 5.32 Å². The molecule has 2 atom stereocenters. The largest absolute Gasteiger partial charge is 0.373 e. The Labute approximate surface area is 109 Å².